The van der Waals surface area contributed by atoms with Gasteiger partial charge in [0.2, 0.25) is 5.91 Å². The van der Waals surface area contributed by atoms with E-state index < -0.39 is 0 Å². The lowest BCUT2D eigenvalue weighted by Crippen LogP contribution is -2.34. The van der Waals surface area contributed by atoms with Gasteiger partial charge in [0.25, 0.3) is 0 Å². The minimum absolute atomic E-state index is 0. The van der Waals surface area contributed by atoms with Crippen LogP contribution in [0.2, 0.25) is 0 Å². The van der Waals surface area contributed by atoms with E-state index in [2.05, 4.69) is 10.6 Å². The van der Waals surface area contributed by atoms with Crippen molar-refractivity contribution < 1.29 is 12.4 Å². The lowest BCUT2D eigenvalue weighted by atomic mass is 10.2. The Morgan fingerprint density at radius 3 is 2.54 bits per heavy atom. The molecule has 0 aliphatic carbocycles. The van der Waals surface area contributed by atoms with Gasteiger partial charge in [-0.25, -0.2) is 0 Å². The average Bonchev–Trinajstić information content (AvgIpc) is 2.14. The number of rotatable bonds is 7. The minimum Gasteiger partial charge on any atom is -0.355 e. The molecular weight excluding hydrogens is 168 g/mol. The molecule has 0 saturated heterocycles. The molecule has 0 spiro atoms. The number of carbonyl (C=O) groups is 2. The standard InChI is InChI=1S/C9H18N2O2.2H2/c1-3-8(12)5-6-11-9(13)7-10-4-2;;/h10H,3-7H2,1-2H3,(H,11,13);2*1H. The zero-order valence-electron chi connectivity index (χ0n) is 8.35. The van der Waals surface area contributed by atoms with Gasteiger partial charge in [0.15, 0.2) is 0 Å². The first-order chi connectivity index (χ1) is 6.20. The number of hydrogen-bond acceptors (Lipinski definition) is 3. The van der Waals surface area contributed by atoms with Gasteiger partial charge in [-0.2, -0.15) is 0 Å². The molecule has 0 aliphatic rings. The van der Waals surface area contributed by atoms with Crippen molar-refractivity contribution in [1.82, 2.24) is 10.6 Å². The first kappa shape index (κ1) is 12.1. The van der Waals surface area contributed by atoms with E-state index in [0.717, 1.165) is 6.54 Å². The van der Waals surface area contributed by atoms with Gasteiger partial charge in [-0.1, -0.05) is 13.8 Å². The number of carbonyl (C=O) groups excluding carboxylic acids is 2. The van der Waals surface area contributed by atoms with Gasteiger partial charge in [0.1, 0.15) is 5.78 Å². The Hall–Kier alpha value is -0.900. The van der Waals surface area contributed by atoms with Crippen LogP contribution in [0, 0.1) is 0 Å². The van der Waals surface area contributed by atoms with E-state index in [9.17, 15) is 9.59 Å². The zero-order chi connectivity index (χ0) is 10.1. The van der Waals surface area contributed by atoms with Gasteiger partial charge in [-0.05, 0) is 6.54 Å². The van der Waals surface area contributed by atoms with Crippen LogP contribution in [0.15, 0.2) is 0 Å². The van der Waals surface area contributed by atoms with Crippen LogP contribution in [-0.4, -0.2) is 31.3 Å². The summed E-state index contributed by atoms with van der Waals surface area (Å²) in [6.45, 7) is 5.33. The lowest BCUT2D eigenvalue weighted by Gasteiger charge is -2.03. The smallest absolute Gasteiger partial charge is 0.233 e. The van der Waals surface area contributed by atoms with Crippen molar-refractivity contribution in [2.45, 2.75) is 26.7 Å². The van der Waals surface area contributed by atoms with Crippen molar-refractivity contribution in [3.05, 3.63) is 0 Å². The number of Topliss-reactive ketones (excluding diaryl/α,β-unsaturated/α-hetero) is 1. The Bertz CT molecular complexity index is 177. The number of hydrogen-bond donors (Lipinski definition) is 2. The summed E-state index contributed by atoms with van der Waals surface area (Å²) in [5.74, 6) is 0.134. The van der Waals surface area contributed by atoms with Gasteiger partial charge < -0.3 is 10.6 Å². The van der Waals surface area contributed by atoms with Crippen LogP contribution in [0.1, 0.15) is 29.5 Å². The van der Waals surface area contributed by atoms with Crippen molar-refractivity contribution in [3.63, 3.8) is 0 Å². The molecule has 0 aliphatic heterocycles. The maximum absolute atomic E-state index is 11.0. The Kier molecular flexibility index (Phi) is 7.20. The molecule has 0 aromatic heterocycles. The molecular formula is C9H22N2O2. The predicted octanol–water partition coefficient (Wildman–Crippen LogP) is 0.573. The molecule has 0 bridgehead atoms. The first-order valence-corrected chi connectivity index (χ1v) is 4.69. The van der Waals surface area contributed by atoms with Gasteiger partial charge in [0.05, 0.1) is 6.54 Å². The summed E-state index contributed by atoms with van der Waals surface area (Å²) in [4.78, 5) is 21.8. The number of nitrogens with one attached hydrogen (secondary N) is 2. The number of likely N-dealkylation sites (N-methyl/N-ethyl adjacent to an activating group) is 1. The van der Waals surface area contributed by atoms with E-state index in [0.29, 0.717) is 25.9 Å². The Balaban J connectivity index is -0.000000720. The van der Waals surface area contributed by atoms with Crippen LogP contribution in [0.25, 0.3) is 0 Å². The van der Waals surface area contributed by atoms with E-state index in [1.165, 1.54) is 0 Å². The average molecular weight is 190 g/mol. The first-order valence-electron chi connectivity index (χ1n) is 4.69. The van der Waals surface area contributed by atoms with Gasteiger partial charge in [-0.3, -0.25) is 9.59 Å². The third-order valence-electron chi connectivity index (χ3n) is 1.66. The van der Waals surface area contributed by atoms with E-state index in [1.54, 1.807) is 0 Å². The van der Waals surface area contributed by atoms with Crippen molar-refractivity contribution in [2.75, 3.05) is 19.6 Å². The third kappa shape index (κ3) is 7.46. The summed E-state index contributed by atoms with van der Waals surface area (Å²) >= 11 is 0. The minimum atomic E-state index is -0.0502. The summed E-state index contributed by atoms with van der Waals surface area (Å²) < 4.78 is 0. The molecule has 1 amide bonds. The summed E-state index contributed by atoms with van der Waals surface area (Å²) in [6.07, 6.45) is 0.984. The van der Waals surface area contributed by atoms with Crippen LogP contribution in [-0.2, 0) is 9.59 Å². The van der Waals surface area contributed by atoms with Gasteiger partial charge in [0, 0.05) is 22.2 Å². The van der Waals surface area contributed by atoms with Crippen molar-refractivity contribution in [3.8, 4) is 0 Å². The second-order valence-corrected chi connectivity index (χ2v) is 2.77. The monoisotopic (exact) mass is 190 g/mol. The second kappa shape index (κ2) is 7.73. The fourth-order valence-corrected chi connectivity index (χ4v) is 0.819. The normalized spacial score (nSPS) is 9.69. The quantitative estimate of drug-likeness (QED) is 0.617. The summed E-state index contributed by atoms with van der Waals surface area (Å²) in [5, 5.41) is 5.56. The highest BCUT2D eigenvalue weighted by Crippen LogP contribution is 1.85. The second-order valence-electron chi connectivity index (χ2n) is 2.77. The van der Waals surface area contributed by atoms with Gasteiger partial charge in [-0.15, -0.1) is 0 Å². The Morgan fingerprint density at radius 1 is 1.31 bits per heavy atom. The molecule has 4 heteroatoms. The molecule has 0 saturated carbocycles. The fraction of sp³-hybridized carbons (Fsp3) is 0.778. The van der Waals surface area contributed by atoms with Crippen LogP contribution < -0.4 is 10.6 Å². The summed E-state index contributed by atoms with van der Waals surface area (Å²) in [5.41, 5.74) is 0. The zero-order valence-corrected chi connectivity index (χ0v) is 8.35. The topological polar surface area (TPSA) is 58.2 Å². The Morgan fingerprint density at radius 2 is 2.00 bits per heavy atom. The molecule has 80 valence electrons. The molecule has 0 aromatic carbocycles. The van der Waals surface area contributed by atoms with Crippen LogP contribution in [0.3, 0.4) is 0 Å². The molecule has 13 heavy (non-hydrogen) atoms. The van der Waals surface area contributed by atoms with E-state index in [1.807, 2.05) is 13.8 Å². The van der Waals surface area contributed by atoms with Crippen molar-refractivity contribution in [2.24, 2.45) is 0 Å². The lowest BCUT2D eigenvalue weighted by molar-refractivity contribution is -0.120. The van der Waals surface area contributed by atoms with Crippen LogP contribution in [0.4, 0.5) is 0 Å². The van der Waals surface area contributed by atoms with E-state index in [-0.39, 0.29) is 14.5 Å². The molecule has 0 unspecified atom stereocenters. The highest BCUT2D eigenvalue weighted by Gasteiger charge is 2.01. The molecule has 0 fully saturated rings. The third-order valence-corrected chi connectivity index (χ3v) is 1.66. The molecule has 4 nitrogen and oxygen atoms in total. The molecule has 0 heterocycles. The van der Waals surface area contributed by atoms with Crippen molar-refractivity contribution in [1.29, 1.82) is 0 Å². The maximum Gasteiger partial charge on any atom is 0.233 e. The molecule has 0 rings (SSSR count). The Labute approximate surface area is 82.1 Å². The summed E-state index contributed by atoms with van der Waals surface area (Å²) in [6, 6.07) is 0. The molecule has 2 N–H and O–H groups in total. The van der Waals surface area contributed by atoms with E-state index >= 15 is 0 Å². The predicted molar refractivity (Wildman–Crippen MR) is 55.7 cm³/mol. The van der Waals surface area contributed by atoms with E-state index in [4.69, 9.17) is 0 Å². The largest absolute Gasteiger partial charge is 0.355 e. The maximum atomic E-state index is 11.0. The molecule has 0 aromatic rings. The number of amides is 1. The highest BCUT2D eigenvalue weighted by molar-refractivity contribution is 5.80. The summed E-state index contributed by atoms with van der Waals surface area (Å²) in [7, 11) is 0. The highest BCUT2D eigenvalue weighted by atomic mass is 16.2. The van der Waals surface area contributed by atoms with Crippen molar-refractivity contribution >= 4 is 11.7 Å². The molecule has 0 atom stereocenters. The van der Waals surface area contributed by atoms with Crippen LogP contribution >= 0.6 is 0 Å². The SMILES string of the molecule is CCNCC(=O)NCCC(=O)CC.[HH].[HH]. The van der Waals surface area contributed by atoms with Crippen LogP contribution in [0.5, 0.6) is 0 Å². The number of ketones is 1. The van der Waals surface area contributed by atoms with Gasteiger partial charge >= 0.3 is 0 Å². The fourth-order valence-electron chi connectivity index (χ4n) is 0.819. The molecule has 0 radical (unpaired) electrons.